The van der Waals surface area contributed by atoms with Crippen molar-refractivity contribution in [2.75, 3.05) is 23.5 Å². The van der Waals surface area contributed by atoms with Crippen LogP contribution in [0.1, 0.15) is 12.0 Å². The standard InChI is InChI=1S/C28H25ClN4O5S/c1-39(35,36)16-13-28(20-3-2-4-25(17-20)38-26-18-30-14-15-31-26)19-32-27(34)33(28)22-7-11-24(12-8-22)37-23-9-5-21(29)6-10-23/h2-12,14-15,17-18H,13,16,19H2,1H3,(H,32,34). The minimum Gasteiger partial charge on any atom is -0.457 e. The van der Waals surface area contributed by atoms with Crippen molar-refractivity contribution in [2.24, 2.45) is 0 Å². The van der Waals surface area contributed by atoms with Gasteiger partial charge in [0.1, 0.15) is 27.1 Å². The van der Waals surface area contributed by atoms with Crippen LogP contribution in [0.25, 0.3) is 0 Å². The predicted octanol–water partition coefficient (Wildman–Crippen LogP) is 5.57. The van der Waals surface area contributed by atoms with E-state index >= 15 is 0 Å². The van der Waals surface area contributed by atoms with Crippen LogP contribution in [-0.4, -0.2) is 43.0 Å². The van der Waals surface area contributed by atoms with E-state index in [9.17, 15) is 13.2 Å². The molecule has 1 fully saturated rings. The van der Waals surface area contributed by atoms with E-state index in [1.54, 1.807) is 77.8 Å². The first-order chi connectivity index (χ1) is 18.7. The Labute approximate surface area is 231 Å². The molecule has 4 aromatic rings. The highest BCUT2D eigenvalue weighted by atomic mass is 35.5. The van der Waals surface area contributed by atoms with Gasteiger partial charge in [0, 0.05) is 35.9 Å². The van der Waals surface area contributed by atoms with Gasteiger partial charge >= 0.3 is 6.03 Å². The molecule has 1 unspecified atom stereocenters. The number of amides is 2. The highest BCUT2D eigenvalue weighted by Gasteiger charge is 2.48. The minimum absolute atomic E-state index is 0.120. The Morgan fingerprint density at radius 1 is 0.974 bits per heavy atom. The van der Waals surface area contributed by atoms with Crippen LogP contribution in [-0.2, 0) is 15.4 Å². The fourth-order valence-electron chi connectivity index (χ4n) is 4.48. The number of hydrogen-bond acceptors (Lipinski definition) is 7. The monoisotopic (exact) mass is 564 g/mol. The van der Waals surface area contributed by atoms with Crippen molar-refractivity contribution in [3.63, 3.8) is 0 Å². The van der Waals surface area contributed by atoms with Gasteiger partial charge in [-0.3, -0.25) is 9.88 Å². The van der Waals surface area contributed by atoms with Gasteiger partial charge in [-0.2, -0.15) is 0 Å². The Morgan fingerprint density at radius 3 is 2.36 bits per heavy atom. The van der Waals surface area contributed by atoms with Crippen molar-refractivity contribution in [1.82, 2.24) is 15.3 Å². The number of rotatable bonds is 9. The third-order valence-corrected chi connectivity index (χ3v) is 7.52. The third-order valence-electron chi connectivity index (χ3n) is 6.33. The molecule has 11 heteroatoms. The molecule has 0 aliphatic carbocycles. The molecule has 1 aliphatic heterocycles. The van der Waals surface area contributed by atoms with E-state index < -0.39 is 15.4 Å². The molecule has 0 spiro atoms. The number of sulfone groups is 1. The molecule has 2 amide bonds. The molecule has 1 saturated heterocycles. The Hall–Kier alpha value is -4.15. The smallest absolute Gasteiger partial charge is 0.322 e. The summed E-state index contributed by atoms with van der Waals surface area (Å²) in [6.07, 6.45) is 5.91. The number of aromatic nitrogens is 2. The van der Waals surface area contributed by atoms with E-state index in [0.717, 1.165) is 0 Å². The van der Waals surface area contributed by atoms with Crippen LogP contribution < -0.4 is 19.7 Å². The van der Waals surface area contributed by atoms with Gasteiger partial charge in [0.25, 0.3) is 0 Å². The molecule has 3 aromatic carbocycles. The second-order valence-electron chi connectivity index (χ2n) is 9.13. The molecule has 1 aliphatic rings. The number of carbonyl (C=O) groups is 1. The van der Waals surface area contributed by atoms with Crippen LogP contribution >= 0.6 is 11.6 Å². The molecule has 200 valence electrons. The zero-order valence-electron chi connectivity index (χ0n) is 21.0. The lowest BCUT2D eigenvalue weighted by atomic mass is 9.86. The maximum Gasteiger partial charge on any atom is 0.322 e. The lowest BCUT2D eigenvalue weighted by Gasteiger charge is -2.38. The van der Waals surface area contributed by atoms with Crippen LogP contribution in [0.5, 0.6) is 23.1 Å². The van der Waals surface area contributed by atoms with Gasteiger partial charge in [0.15, 0.2) is 0 Å². The summed E-state index contributed by atoms with van der Waals surface area (Å²) in [7, 11) is -3.33. The van der Waals surface area contributed by atoms with E-state index in [1.165, 1.54) is 18.6 Å². The van der Waals surface area contributed by atoms with Crippen molar-refractivity contribution >= 4 is 33.2 Å². The number of benzene rings is 3. The van der Waals surface area contributed by atoms with Gasteiger partial charge in [0.2, 0.25) is 5.88 Å². The van der Waals surface area contributed by atoms with Crippen molar-refractivity contribution in [3.8, 4) is 23.1 Å². The normalized spacial score (nSPS) is 17.1. The first kappa shape index (κ1) is 26.5. The number of urea groups is 1. The van der Waals surface area contributed by atoms with Gasteiger partial charge in [-0.1, -0.05) is 23.7 Å². The maximum atomic E-state index is 13.2. The Kier molecular flexibility index (Phi) is 7.40. The Balaban J connectivity index is 1.49. The van der Waals surface area contributed by atoms with Crippen molar-refractivity contribution in [3.05, 3.63) is 102 Å². The molecule has 5 rings (SSSR count). The van der Waals surface area contributed by atoms with Crippen molar-refractivity contribution in [1.29, 1.82) is 0 Å². The average molecular weight is 565 g/mol. The van der Waals surface area contributed by atoms with E-state index in [1.807, 2.05) is 6.07 Å². The van der Waals surface area contributed by atoms with Gasteiger partial charge in [-0.25, -0.2) is 18.2 Å². The Morgan fingerprint density at radius 2 is 1.69 bits per heavy atom. The van der Waals surface area contributed by atoms with Crippen LogP contribution in [0.3, 0.4) is 0 Å². The van der Waals surface area contributed by atoms with Gasteiger partial charge in [-0.05, 0) is 72.6 Å². The quantitative estimate of drug-likeness (QED) is 0.283. The van der Waals surface area contributed by atoms with Crippen LogP contribution in [0, 0.1) is 0 Å². The number of anilines is 1. The van der Waals surface area contributed by atoms with E-state index in [4.69, 9.17) is 21.1 Å². The van der Waals surface area contributed by atoms with Crippen LogP contribution in [0.4, 0.5) is 10.5 Å². The fourth-order valence-corrected chi connectivity index (χ4v) is 5.31. The number of nitrogens with zero attached hydrogens (tertiary/aromatic N) is 3. The van der Waals surface area contributed by atoms with Gasteiger partial charge < -0.3 is 14.8 Å². The lowest BCUT2D eigenvalue weighted by Crippen LogP contribution is -2.46. The summed E-state index contributed by atoms with van der Waals surface area (Å²) in [5.41, 5.74) is 0.301. The Bertz CT molecular complexity index is 1570. The lowest BCUT2D eigenvalue weighted by molar-refractivity contribution is 0.250. The zero-order valence-corrected chi connectivity index (χ0v) is 22.5. The predicted molar refractivity (Wildman–Crippen MR) is 148 cm³/mol. The van der Waals surface area contributed by atoms with Gasteiger partial charge in [-0.15, -0.1) is 0 Å². The molecule has 2 heterocycles. The molecule has 1 atom stereocenters. The summed E-state index contributed by atoms with van der Waals surface area (Å²) >= 11 is 5.95. The van der Waals surface area contributed by atoms with E-state index in [2.05, 4.69) is 15.3 Å². The summed E-state index contributed by atoms with van der Waals surface area (Å²) in [5.74, 6) is 1.87. The van der Waals surface area contributed by atoms with Crippen molar-refractivity contribution < 1.29 is 22.7 Å². The highest BCUT2D eigenvalue weighted by Crippen LogP contribution is 2.41. The molecular weight excluding hydrogens is 540 g/mol. The molecule has 1 N–H and O–H groups in total. The first-order valence-corrected chi connectivity index (χ1v) is 14.5. The summed E-state index contributed by atoms with van der Waals surface area (Å²) in [6.45, 7) is 0.207. The first-order valence-electron chi connectivity index (χ1n) is 12.1. The molecular formula is C28H25ClN4O5S. The summed E-state index contributed by atoms with van der Waals surface area (Å²) < 4.78 is 36.3. The fraction of sp³-hybridized carbons (Fsp3) is 0.179. The number of nitrogens with one attached hydrogen (secondary N) is 1. The molecule has 0 saturated carbocycles. The molecule has 0 bridgehead atoms. The second-order valence-corrected chi connectivity index (χ2v) is 11.8. The number of halogens is 1. The molecule has 39 heavy (non-hydrogen) atoms. The SMILES string of the molecule is CS(=O)(=O)CCC1(c2cccc(Oc3cnccn3)c2)CNC(=O)N1c1ccc(Oc2ccc(Cl)cc2)cc1. The number of ether oxygens (including phenoxy) is 2. The molecule has 9 nitrogen and oxygen atoms in total. The second kappa shape index (κ2) is 10.9. The highest BCUT2D eigenvalue weighted by molar-refractivity contribution is 7.90. The minimum atomic E-state index is -3.33. The third kappa shape index (κ3) is 6.13. The summed E-state index contributed by atoms with van der Waals surface area (Å²) in [5, 5.41) is 3.51. The largest absolute Gasteiger partial charge is 0.457 e. The van der Waals surface area contributed by atoms with E-state index in [-0.39, 0.29) is 24.7 Å². The van der Waals surface area contributed by atoms with Crippen molar-refractivity contribution in [2.45, 2.75) is 12.0 Å². The number of hydrogen-bond donors (Lipinski definition) is 1. The molecule has 1 aromatic heterocycles. The van der Waals surface area contributed by atoms with Crippen LogP contribution in [0.2, 0.25) is 5.02 Å². The zero-order chi connectivity index (χ0) is 27.5. The maximum absolute atomic E-state index is 13.2. The summed E-state index contributed by atoms with van der Waals surface area (Å²) in [6, 6.07) is 20.9. The average Bonchev–Trinajstić information content (AvgIpc) is 3.27. The topological polar surface area (TPSA) is 111 Å². The molecule has 0 radical (unpaired) electrons. The number of carbonyl (C=O) groups excluding carboxylic acids is 1. The summed E-state index contributed by atoms with van der Waals surface area (Å²) in [4.78, 5) is 23.0. The van der Waals surface area contributed by atoms with E-state index in [0.29, 0.717) is 39.4 Å². The van der Waals surface area contributed by atoms with Gasteiger partial charge in [0.05, 0.1) is 17.5 Å². The van der Waals surface area contributed by atoms with Crippen LogP contribution in [0.15, 0.2) is 91.4 Å².